The van der Waals surface area contributed by atoms with Crippen molar-refractivity contribution in [1.82, 2.24) is 0 Å². The maximum absolute atomic E-state index is 14.5. The largest absolute Gasteiger partial charge is 0.457 e. The summed E-state index contributed by atoms with van der Waals surface area (Å²) < 4.78 is 98.5. The molecule has 0 spiro atoms. The molecule has 0 unspecified atom stereocenters. The number of aryl methyl sites for hydroxylation is 2. The van der Waals surface area contributed by atoms with Crippen LogP contribution in [0.3, 0.4) is 0 Å². The molecule has 0 aliphatic heterocycles. The second-order valence-electron chi connectivity index (χ2n) is 8.98. The van der Waals surface area contributed by atoms with Crippen LogP contribution in [-0.4, -0.2) is 23.9 Å². The Labute approximate surface area is 209 Å². The third kappa shape index (κ3) is 6.74. The fourth-order valence-electron chi connectivity index (χ4n) is 4.28. The molecule has 198 valence electrons. The van der Waals surface area contributed by atoms with Crippen LogP contribution in [0.1, 0.15) is 35.1 Å². The Bertz CT molecular complexity index is 1240. The second-order valence-corrected chi connectivity index (χ2v) is 8.98. The summed E-state index contributed by atoms with van der Waals surface area (Å²) in [6.45, 7) is -1.48. The number of hydrogen-bond acceptors (Lipinski definition) is 3. The minimum absolute atomic E-state index is 0.165. The van der Waals surface area contributed by atoms with E-state index in [2.05, 4.69) is 0 Å². The number of halogens is 7. The molecule has 3 aromatic carbocycles. The van der Waals surface area contributed by atoms with Gasteiger partial charge in [0.15, 0.2) is 6.10 Å². The number of nitrogens with zero attached hydrogens (tertiary/aromatic N) is 1. The van der Waals surface area contributed by atoms with Gasteiger partial charge in [-0.3, -0.25) is 0 Å². The molecule has 1 aliphatic rings. The molecule has 1 N–H and O–H groups in total. The van der Waals surface area contributed by atoms with Gasteiger partial charge in [0.2, 0.25) is 0 Å². The van der Waals surface area contributed by atoms with E-state index in [4.69, 9.17) is 4.74 Å². The predicted molar refractivity (Wildman–Crippen MR) is 124 cm³/mol. The molecule has 10 heteroatoms. The Morgan fingerprint density at radius 1 is 0.838 bits per heavy atom. The first kappa shape index (κ1) is 26.8. The summed E-state index contributed by atoms with van der Waals surface area (Å²) >= 11 is 0. The topological polar surface area (TPSA) is 32.7 Å². The minimum Gasteiger partial charge on any atom is -0.457 e. The summed E-state index contributed by atoms with van der Waals surface area (Å²) in [6.07, 6.45) is -8.38. The molecule has 0 aromatic heterocycles. The molecular weight excluding hydrogens is 503 g/mol. The zero-order valence-electron chi connectivity index (χ0n) is 19.5. The smallest absolute Gasteiger partial charge is 0.416 e. The number of rotatable bonds is 7. The summed E-state index contributed by atoms with van der Waals surface area (Å²) in [5.41, 5.74) is 1.11. The van der Waals surface area contributed by atoms with Gasteiger partial charge in [-0.15, -0.1) is 0 Å². The average molecular weight is 527 g/mol. The first-order chi connectivity index (χ1) is 17.4. The highest BCUT2D eigenvalue weighted by Gasteiger charge is 2.39. The molecule has 0 saturated heterocycles. The van der Waals surface area contributed by atoms with Crippen molar-refractivity contribution < 1.29 is 40.6 Å². The number of fused-ring (bicyclic) bond motifs is 1. The number of benzene rings is 3. The number of alkyl halides is 6. The highest BCUT2D eigenvalue weighted by atomic mass is 19.4. The summed E-state index contributed by atoms with van der Waals surface area (Å²) in [7, 11) is 0. The molecule has 37 heavy (non-hydrogen) atoms. The van der Waals surface area contributed by atoms with Gasteiger partial charge < -0.3 is 14.7 Å². The molecule has 0 bridgehead atoms. The monoisotopic (exact) mass is 527 g/mol. The van der Waals surface area contributed by atoms with Crippen LogP contribution < -0.4 is 9.64 Å². The molecule has 1 aliphatic carbocycles. The summed E-state index contributed by atoms with van der Waals surface area (Å²) in [5, 5.41) is 9.69. The van der Waals surface area contributed by atoms with Gasteiger partial charge in [-0.1, -0.05) is 18.2 Å². The predicted octanol–water partition coefficient (Wildman–Crippen LogP) is 7.45. The number of aliphatic hydroxyl groups excluding tert-OH is 1. The molecule has 0 radical (unpaired) electrons. The lowest BCUT2D eigenvalue weighted by Crippen LogP contribution is -2.41. The molecule has 3 nitrogen and oxygen atoms in total. The van der Waals surface area contributed by atoms with E-state index in [-0.39, 0.29) is 11.3 Å². The van der Waals surface area contributed by atoms with Gasteiger partial charge in [-0.05, 0) is 73.2 Å². The van der Waals surface area contributed by atoms with Crippen LogP contribution in [0.25, 0.3) is 0 Å². The van der Waals surface area contributed by atoms with Crippen molar-refractivity contribution in [3.05, 3.63) is 88.7 Å². The number of ether oxygens (including phenoxy) is 1. The summed E-state index contributed by atoms with van der Waals surface area (Å²) in [5.74, 6) is -0.371. The third-order valence-electron chi connectivity index (χ3n) is 6.25. The van der Waals surface area contributed by atoms with Gasteiger partial charge in [0, 0.05) is 23.9 Å². The molecule has 1 atom stereocenters. The van der Waals surface area contributed by atoms with Gasteiger partial charge in [0.1, 0.15) is 17.3 Å². The van der Waals surface area contributed by atoms with Crippen molar-refractivity contribution >= 4 is 5.69 Å². The lowest BCUT2D eigenvalue weighted by Gasteiger charge is -2.29. The maximum Gasteiger partial charge on any atom is 0.416 e. The Morgan fingerprint density at radius 3 is 2.22 bits per heavy atom. The zero-order valence-corrected chi connectivity index (χ0v) is 19.5. The van der Waals surface area contributed by atoms with E-state index < -0.39 is 42.9 Å². The number of aliphatic hydroxyl groups is 1. The van der Waals surface area contributed by atoms with Crippen LogP contribution in [0.2, 0.25) is 0 Å². The molecule has 0 fully saturated rings. The van der Waals surface area contributed by atoms with Crippen molar-refractivity contribution in [3.8, 4) is 11.5 Å². The Balaban J connectivity index is 1.61. The van der Waals surface area contributed by atoms with Crippen molar-refractivity contribution in [2.45, 2.75) is 50.7 Å². The van der Waals surface area contributed by atoms with Crippen molar-refractivity contribution in [2.75, 3.05) is 11.4 Å². The summed E-state index contributed by atoms with van der Waals surface area (Å²) in [6, 6.07) is 13.5. The van der Waals surface area contributed by atoms with E-state index in [1.165, 1.54) is 29.3 Å². The fourth-order valence-corrected chi connectivity index (χ4v) is 4.28. The SMILES string of the molecule is O[C@H](CN(Cc1ccc(C(F)(F)F)cc1F)c1cccc(Oc2ccc3c(c2)CCCC3)c1)C(F)(F)F. The van der Waals surface area contributed by atoms with Crippen molar-refractivity contribution in [2.24, 2.45) is 0 Å². The van der Waals surface area contributed by atoms with E-state index >= 15 is 0 Å². The normalized spacial score (nSPS) is 14.7. The van der Waals surface area contributed by atoms with E-state index in [9.17, 15) is 35.8 Å². The standard InChI is InChI=1S/C27H24F7NO2/c28-24-13-20(26(29,30)31)10-8-19(24)15-35(16-25(36)27(32,33)34)21-6-3-7-22(14-21)37-23-11-9-17-4-1-2-5-18(17)12-23/h3,6-14,25,36H,1-2,4-5,15-16H2/t25-/m1/s1. The van der Waals surface area contributed by atoms with Crippen LogP contribution >= 0.6 is 0 Å². The van der Waals surface area contributed by atoms with Gasteiger partial charge in [-0.25, -0.2) is 4.39 Å². The van der Waals surface area contributed by atoms with E-state index in [0.717, 1.165) is 36.6 Å². The first-order valence-corrected chi connectivity index (χ1v) is 11.7. The van der Waals surface area contributed by atoms with E-state index in [1.807, 2.05) is 12.1 Å². The quantitative estimate of drug-likeness (QED) is 0.324. The Kier molecular flexibility index (Phi) is 7.68. The third-order valence-corrected chi connectivity index (χ3v) is 6.25. The van der Waals surface area contributed by atoms with Crippen LogP contribution in [0, 0.1) is 5.82 Å². The van der Waals surface area contributed by atoms with Crippen LogP contribution in [0.4, 0.5) is 36.4 Å². The number of anilines is 1. The molecule has 4 rings (SSSR count). The summed E-state index contributed by atoms with van der Waals surface area (Å²) in [4.78, 5) is 1.05. The number of hydrogen-bond donors (Lipinski definition) is 1. The van der Waals surface area contributed by atoms with Gasteiger partial charge in [0.05, 0.1) is 12.1 Å². The van der Waals surface area contributed by atoms with Crippen LogP contribution in [0.15, 0.2) is 60.7 Å². The zero-order chi connectivity index (χ0) is 26.8. The first-order valence-electron chi connectivity index (χ1n) is 11.7. The minimum atomic E-state index is -4.95. The van der Waals surface area contributed by atoms with E-state index in [0.29, 0.717) is 23.6 Å². The van der Waals surface area contributed by atoms with Crippen LogP contribution in [0.5, 0.6) is 11.5 Å². The fraction of sp³-hybridized carbons (Fsp3) is 0.333. The van der Waals surface area contributed by atoms with E-state index in [1.54, 1.807) is 12.1 Å². The second kappa shape index (κ2) is 10.6. The van der Waals surface area contributed by atoms with Gasteiger partial charge in [-0.2, -0.15) is 26.3 Å². The lowest BCUT2D eigenvalue weighted by atomic mass is 9.92. The van der Waals surface area contributed by atoms with Gasteiger partial charge in [0.25, 0.3) is 0 Å². The maximum atomic E-state index is 14.5. The highest BCUT2D eigenvalue weighted by molar-refractivity contribution is 5.52. The Morgan fingerprint density at radius 2 is 1.54 bits per heavy atom. The molecular formula is C27H24F7NO2. The molecule has 3 aromatic rings. The molecule has 0 heterocycles. The van der Waals surface area contributed by atoms with Crippen molar-refractivity contribution in [3.63, 3.8) is 0 Å². The highest BCUT2D eigenvalue weighted by Crippen LogP contribution is 2.33. The van der Waals surface area contributed by atoms with Crippen LogP contribution in [-0.2, 0) is 25.6 Å². The Hall–Kier alpha value is -3.27. The average Bonchev–Trinajstić information content (AvgIpc) is 2.83. The molecule has 0 saturated carbocycles. The van der Waals surface area contributed by atoms with Gasteiger partial charge >= 0.3 is 12.4 Å². The van der Waals surface area contributed by atoms with Crippen molar-refractivity contribution in [1.29, 1.82) is 0 Å². The molecule has 0 amide bonds. The lowest BCUT2D eigenvalue weighted by molar-refractivity contribution is -0.200.